The summed E-state index contributed by atoms with van der Waals surface area (Å²) in [7, 11) is 1.56. The van der Waals surface area contributed by atoms with Gasteiger partial charge in [-0.2, -0.15) is 0 Å². The van der Waals surface area contributed by atoms with E-state index in [1.165, 1.54) is 6.07 Å². The van der Waals surface area contributed by atoms with Crippen LogP contribution in [0.3, 0.4) is 0 Å². The molecular weight excluding hydrogens is 248 g/mol. The predicted octanol–water partition coefficient (Wildman–Crippen LogP) is 1.85. The molecule has 0 bridgehead atoms. The molecule has 104 valence electrons. The van der Waals surface area contributed by atoms with E-state index in [-0.39, 0.29) is 11.7 Å². The van der Waals surface area contributed by atoms with Crippen LogP contribution in [-0.2, 0) is 4.74 Å². The Kier molecular flexibility index (Phi) is 5.32. The molecule has 1 aromatic rings. The Labute approximate surface area is 111 Å². The summed E-state index contributed by atoms with van der Waals surface area (Å²) in [6.45, 7) is 3.85. The van der Waals surface area contributed by atoms with Crippen LogP contribution in [-0.4, -0.2) is 36.9 Å². The van der Waals surface area contributed by atoms with Crippen molar-refractivity contribution >= 4 is 17.7 Å². The molecular formula is C13H18N2O4. The molecule has 1 unspecified atom stereocenters. The summed E-state index contributed by atoms with van der Waals surface area (Å²) >= 11 is 0. The number of hydrogen-bond acceptors (Lipinski definition) is 3. The quantitative estimate of drug-likeness (QED) is 0.759. The Bertz CT molecular complexity index is 474. The summed E-state index contributed by atoms with van der Waals surface area (Å²) in [5, 5.41) is 14.2. The molecule has 19 heavy (non-hydrogen) atoms. The van der Waals surface area contributed by atoms with Gasteiger partial charge in [0, 0.05) is 19.3 Å². The Morgan fingerprint density at radius 3 is 2.68 bits per heavy atom. The molecule has 1 atom stereocenters. The first-order valence-corrected chi connectivity index (χ1v) is 5.86. The highest BCUT2D eigenvalue weighted by Crippen LogP contribution is 2.18. The van der Waals surface area contributed by atoms with Gasteiger partial charge in [0.15, 0.2) is 0 Å². The number of ether oxygens (including phenoxy) is 1. The molecule has 0 saturated carbocycles. The lowest BCUT2D eigenvalue weighted by molar-refractivity contribution is 0.0696. The summed E-state index contributed by atoms with van der Waals surface area (Å²) in [4.78, 5) is 22.6. The summed E-state index contributed by atoms with van der Waals surface area (Å²) in [6.07, 6.45) is -0.0859. The molecule has 6 heteroatoms. The van der Waals surface area contributed by atoms with E-state index in [9.17, 15) is 9.59 Å². The molecule has 0 aromatic heterocycles. The number of carbonyl (C=O) groups is 2. The first-order valence-electron chi connectivity index (χ1n) is 5.86. The molecule has 0 radical (unpaired) electrons. The van der Waals surface area contributed by atoms with Gasteiger partial charge in [-0.05, 0) is 31.5 Å². The van der Waals surface area contributed by atoms with E-state index in [0.29, 0.717) is 17.8 Å². The number of carboxylic acids is 1. The molecule has 0 fully saturated rings. The third-order valence-corrected chi connectivity index (χ3v) is 2.76. The molecule has 1 aromatic carbocycles. The van der Waals surface area contributed by atoms with E-state index < -0.39 is 12.0 Å². The minimum Gasteiger partial charge on any atom is -0.478 e. The van der Waals surface area contributed by atoms with Crippen molar-refractivity contribution in [3.63, 3.8) is 0 Å². The van der Waals surface area contributed by atoms with Gasteiger partial charge in [-0.15, -0.1) is 0 Å². The fourth-order valence-electron chi connectivity index (χ4n) is 1.49. The Balaban J connectivity index is 2.69. The monoisotopic (exact) mass is 266 g/mol. The Morgan fingerprint density at radius 1 is 1.42 bits per heavy atom. The molecule has 0 saturated heterocycles. The zero-order chi connectivity index (χ0) is 14.4. The molecule has 0 aliphatic rings. The van der Waals surface area contributed by atoms with Crippen molar-refractivity contribution in [1.29, 1.82) is 0 Å². The number of aromatic carboxylic acids is 1. The molecule has 6 nitrogen and oxygen atoms in total. The van der Waals surface area contributed by atoms with E-state index in [1.54, 1.807) is 26.2 Å². The summed E-state index contributed by atoms with van der Waals surface area (Å²) in [6, 6.07) is 4.34. The van der Waals surface area contributed by atoms with E-state index in [0.717, 1.165) is 0 Å². The fourth-order valence-corrected chi connectivity index (χ4v) is 1.49. The van der Waals surface area contributed by atoms with Crippen LogP contribution in [0.5, 0.6) is 0 Å². The van der Waals surface area contributed by atoms with Gasteiger partial charge in [-0.3, -0.25) is 0 Å². The molecule has 0 spiro atoms. The van der Waals surface area contributed by atoms with Gasteiger partial charge in [0.25, 0.3) is 0 Å². The lowest BCUT2D eigenvalue weighted by atomic mass is 10.1. The molecule has 1 rings (SSSR count). The highest BCUT2D eigenvalue weighted by molar-refractivity contribution is 5.95. The number of methoxy groups -OCH3 is 1. The number of nitrogens with one attached hydrogen (secondary N) is 2. The highest BCUT2D eigenvalue weighted by Gasteiger charge is 2.12. The van der Waals surface area contributed by atoms with Crippen LogP contribution in [0.2, 0.25) is 0 Å². The van der Waals surface area contributed by atoms with Crippen molar-refractivity contribution in [3.05, 3.63) is 29.3 Å². The second-order valence-corrected chi connectivity index (χ2v) is 4.16. The normalized spacial score (nSPS) is 11.7. The van der Waals surface area contributed by atoms with Gasteiger partial charge < -0.3 is 20.5 Å². The number of carboxylic acid groups (broad SMARTS) is 1. The van der Waals surface area contributed by atoms with Crippen LogP contribution < -0.4 is 10.6 Å². The number of rotatable bonds is 5. The van der Waals surface area contributed by atoms with Gasteiger partial charge >= 0.3 is 12.0 Å². The molecule has 2 amide bonds. The number of anilines is 1. The van der Waals surface area contributed by atoms with Gasteiger partial charge in [0.1, 0.15) is 0 Å². The van der Waals surface area contributed by atoms with Gasteiger partial charge in [-0.25, -0.2) is 9.59 Å². The number of amides is 2. The van der Waals surface area contributed by atoms with Gasteiger partial charge in [0.2, 0.25) is 0 Å². The third kappa shape index (κ3) is 4.26. The zero-order valence-electron chi connectivity index (χ0n) is 11.2. The largest absolute Gasteiger partial charge is 0.478 e. The lowest BCUT2D eigenvalue weighted by Crippen LogP contribution is -2.35. The Morgan fingerprint density at radius 2 is 2.11 bits per heavy atom. The van der Waals surface area contributed by atoms with Crippen molar-refractivity contribution < 1.29 is 19.4 Å². The summed E-state index contributed by atoms with van der Waals surface area (Å²) in [5.41, 5.74) is 1.16. The Hall–Kier alpha value is -2.08. The van der Waals surface area contributed by atoms with Crippen LogP contribution in [0, 0.1) is 6.92 Å². The number of carbonyl (C=O) groups excluding carboxylic acids is 1. The molecule has 0 heterocycles. The van der Waals surface area contributed by atoms with Crippen molar-refractivity contribution in [2.24, 2.45) is 0 Å². The molecule has 3 N–H and O–H groups in total. The smallest absolute Gasteiger partial charge is 0.336 e. The summed E-state index contributed by atoms with van der Waals surface area (Å²) in [5.74, 6) is -1.02. The predicted molar refractivity (Wildman–Crippen MR) is 71.6 cm³/mol. The first-order chi connectivity index (χ1) is 8.95. The van der Waals surface area contributed by atoms with Crippen LogP contribution in [0.4, 0.5) is 10.5 Å². The standard InChI is InChI=1S/C13H18N2O4/c1-8(19-3)7-14-13(18)15-11-6-4-5-10(9(11)2)12(16)17/h4-6,8H,7H2,1-3H3,(H,16,17)(H2,14,15,18). The van der Waals surface area contributed by atoms with Gasteiger partial charge in [-0.1, -0.05) is 6.07 Å². The van der Waals surface area contributed by atoms with E-state index >= 15 is 0 Å². The average molecular weight is 266 g/mol. The third-order valence-electron chi connectivity index (χ3n) is 2.76. The van der Waals surface area contributed by atoms with Crippen LogP contribution in [0.1, 0.15) is 22.8 Å². The molecule has 0 aliphatic carbocycles. The number of hydrogen-bond donors (Lipinski definition) is 3. The maximum atomic E-state index is 11.6. The zero-order valence-corrected chi connectivity index (χ0v) is 11.2. The van der Waals surface area contributed by atoms with Crippen LogP contribution in [0.15, 0.2) is 18.2 Å². The topological polar surface area (TPSA) is 87.7 Å². The maximum Gasteiger partial charge on any atom is 0.336 e. The highest BCUT2D eigenvalue weighted by atomic mass is 16.5. The lowest BCUT2D eigenvalue weighted by Gasteiger charge is -2.13. The second-order valence-electron chi connectivity index (χ2n) is 4.16. The minimum absolute atomic E-state index is 0.0859. The SMILES string of the molecule is COC(C)CNC(=O)Nc1cccc(C(=O)O)c1C. The minimum atomic E-state index is -1.02. The first kappa shape index (κ1) is 15.0. The fraction of sp³-hybridized carbons (Fsp3) is 0.385. The second kappa shape index (κ2) is 6.75. The average Bonchev–Trinajstić information content (AvgIpc) is 2.38. The van der Waals surface area contributed by atoms with E-state index in [2.05, 4.69) is 10.6 Å². The van der Waals surface area contributed by atoms with Crippen LogP contribution in [0.25, 0.3) is 0 Å². The van der Waals surface area contributed by atoms with Crippen LogP contribution >= 0.6 is 0 Å². The van der Waals surface area contributed by atoms with Crippen molar-refractivity contribution in [2.45, 2.75) is 20.0 Å². The number of benzene rings is 1. The van der Waals surface area contributed by atoms with Crippen molar-refractivity contribution in [3.8, 4) is 0 Å². The van der Waals surface area contributed by atoms with Crippen molar-refractivity contribution in [1.82, 2.24) is 5.32 Å². The molecule has 0 aliphatic heterocycles. The number of urea groups is 1. The van der Waals surface area contributed by atoms with E-state index in [1.807, 2.05) is 6.92 Å². The summed E-state index contributed by atoms with van der Waals surface area (Å²) < 4.78 is 5.00. The van der Waals surface area contributed by atoms with Gasteiger partial charge in [0.05, 0.1) is 11.7 Å². The van der Waals surface area contributed by atoms with E-state index in [4.69, 9.17) is 9.84 Å². The maximum absolute atomic E-state index is 11.6. The van der Waals surface area contributed by atoms with Crippen molar-refractivity contribution in [2.75, 3.05) is 19.0 Å².